The minimum absolute atomic E-state index is 0.160. The van der Waals surface area contributed by atoms with E-state index in [2.05, 4.69) is 11.8 Å². The minimum Gasteiger partial charge on any atom is -0.384 e. The maximum absolute atomic E-state index is 8.61. The van der Waals surface area contributed by atoms with Gasteiger partial charge in [-0.15, -0.1) is 0 Å². The van der Waals surface area contributed by atoms with Gasteiger partial charge in [-0.1, -0.05) is 28.8 Å². The summed E-state index contributed by atoms with van der Waals surface area (Å²) in [6.07, 6.45) is 1.82. The Hall–Kier alpha value is -2.05. The van der Waals surface area contributed by atoms with Crippen molar-refractivity contribution in [2.75, 3.05) is 12.4 Å². The number of hydrogen-bond donors (Lipinski definition) is 2. The summed E-state index contributed by atoms with van der Waals surface area (Å²) in [6, 6.07) is 9.81. The van der Waals surface area contributed by atoms with Crippen LogP contribution in [0.15, 0.2) is 36.5 Å². The van der Waals surface area contributed by atoms with Crippen molar-refractivity contribution in [3.05, 3.63) is 42.2 Å². The highest BCUT2D eigenvalue weighted by Crippen LogP contribution is 2.11. The monoisotopic (exact) mass is 199 g/mol. The molecule has 0 fully saturated rings. The van der Waals surface area contributed by atoms with E-state index in [-0.39, 0.29) is 6.61 Å². The van der Waals surface area contributed by atoms with Crippen molar-refractivity contribution in [1.82, 2.24) is 0 Å². The van der Waals surface area contributed by atoms with E-state index in [1.165, 1.54) is 4.68 Å². The van der Waals surface area contributed by atoms with Gasteiger partial charge in [-0.05, 0) is 11.5 Å². The van der Waals surface area contributed by atoms with E-state index in [4.69, 9.17) is 10.9 Å². The third kappa shape index (κ3) is 1.90. The molecule has 0 bridgehead atoms. The van der Waals surface area contributed by atoms with Gasteiger partial charge in [-0.2, -0.15) is 0 Å². The van der Waals surface area contributed by atoms with Gasteiger partial charge in [0.25, 0.3) is 5.69 Å². The zero-order valence-electron chi connectivity index (χ0n) is 8.14. The van der Waals surface area contributed by atoms with E-state index in [1.54, 1.807) is 0 Å². The second kappa shape index (κ2) is 3.99. The molecule has 3 nitrogen and oxygen atoms in total. The summed E-state index contributed by atoms with van der Waals surface area (Å²) in [4.78, 5) is 0. The highest BCUT2D eigenvalue weighted by molar-refractivity contribution is 5.81. The molecule has 0 radical (unpaired) electrons. The second-order valence-electron chi connectivity index (χ2n) is 3.15. The van der Waals surface area contributed by atoms with Crippen LogP contribution in [0, 0.1) is 11.8 Å². The van der Waals surface area contributed by atoms with Crippen LogP contribution in [0.5, 0.6) is 0 Å². The number of nitrogens with two attached hydrogens (primary N) is 1. The van der Waals surface area contributed by atoms with E-state index in [0.717, 1.165) is 10.8 Å². The molecule has 1 aromatic heterocycles. The van der Waals surface area contributed by atoms with Crippen LogP contribution in [0.1, 0.15) is 5.69 Å². The predicted octanol–water partition coefficient (Wildman–Crippen LogP) is 0.185. The van der Waals surface area contributed by atoms with Crippen LogP contribution in [-0.2, 0) is 0 Å². The van der Waals surface area contributed by atoms with E-state index in [1.807, 2.05) is 36.5 Å². The molecular weight excluding hydrogens is 188 g/mol. The predicted molar refractivity (Wildman–Crippen MR) is 58.3 cm³/mol. The Balaban J connectivity index is 2.62. The molecule has 0 unspecified atom stereocenters. The Bertz CT molecular complexity index is 552. The molecule has 0 aliphatic heterocycles. The van der Waals surface area contributed by atoms with E-state index in [9.17, 15) is 0 Å². The average Bonchev–Trinajstić information content (AvgIpc) is 2.26. The Kier molecular flexibility index (Phi) is 2.53. The lowest BCUT2D eigenvalue weighted by Gasteiger charge is -1.95. The fourth-order valence-corrected chi connectivity index (χ4v) is 1.43. The van der Waals surface area contributed by atoms with Crippen molar-refractivity contribution in [1.29, 1.82) is 0 Å². The van der Waals surface area contributed by atoms with Gasteiger partial charge in [-0.3, -0.25) is 0 Å². The lowest BCUT2D eigenvalue weighted by Crippen LogP contribution is -2.47. The first-order chi connectivity index (χ1) is 7.31. The summed E-state index contributed by atoms with van der Waals surface area (Å²) in [6.45, 7) is -0.160. The molecule has 1 heterocycles. The number of hydrogen-bond acceptors (Lipinski definition) is 2. The fraction of sp³-hybridized carbons (Fsp3) is 0.0833. The van der Waals surface area contributed by atoms with Gasteiger partial charge in [0.2, 0.25) is 6.20 Å². The fourth-order valence-electron chi connectivity index (χ4n) is 1.43. The Morgan fingerprint density at radius 2 is 2.00 bits per heavy atom. The van der Waals surface area contributed by atoms with Crippen LogP contribution in [0.3, 0.4) is 0 Å². The van der Waals surface area contributed by atoms with Gasteiger partial charge < -0.3 is 5.11 Å². The van der Waals surface area contributed by atoms with Crippen LogP contribution in [0.4, 0.5) is 0 Å². The van der Waals surface area contributed by atoms with Crippen LogP contribution in [-0.4, -0.2) is 11.7 Å². The zero-order chi connectivity index (χ0) is 10.7. The molecule has 0 aliphatic carbocycles. The molecule has 0 spiro atoms. The van der Waals surface area contributed by atoms with Crippen molar-refractivity contribution >= 4 is 10.8 Å². The minimum atomic E-state index is -0.160. The highest BCUT2D eigenvalue weighted by Gasteiger charge is 2.06. The third-order valence-corrected chi connectivity index (χ3v) is 2.14. The summed E-state index contributed by atoms with van der Waals surface area (Å²) in [5, 5.41) is 10.8. The van der Waals surface area contributed by atoms with E-state index >= 15 is 0 Å². The number of nitrogen functional groups attached to an aromatic ring is 1. The van der Waals surface area contributed by atoms with Crippen molar-refractivity contribution in [2.24, 2.45) is 0 Å². The van der Waals surface area contributed by atoms with Crippen LogP contribution in [0.2, 0.25) is 0 Å². The van der Waals surface area contributed by atoms with Crippen molar-refractivity contribution in [2.45, 2.75) is 0 Å². The zero-order valence-corrected chi connectivity index (χ0v) is 8.14. The summed E-state index contributed by atoms with van der Waals surface area (Å²) in [7, 11) is 0. The first-order valence-electron chi connectivity index (χ1n) is 4.60. The van der Waals surface area contributed by atoms with E-state index in [0.29, 0.717) is 5.69 Å². The first-order valence-corrected chi connectivity index (χ1v) is 4.60. The number of rotatable bonds is 0. The topological polar surface area (TPSA) is 50.1 Å². The molecule has 15 heavy (non-hydrogen) atoms. The normalized spacial score (nSPS) is 9.67. The first kappa shape index (κ1) is 9.50. The maximum atomic E-state index is 8.61. The average molecular weight is 199 g/mol. The molecule has 3 heteroatoms. The van der Waals surface area contributed by atoms with Crippen LogP contribution in [0.25, 0.3) is 10.8 Å². The highest BCUT2D eigenvalue weighted by atomic mass is 16.2. The summed E-state index contributed by atoms with van der Waals surface area (Å²) in [5.41, 5.74) is 0.683. The standard InChI is InChI=1S/C12H11N2O/c13-14-9-11-5-2-1-4-10(11)8-12(14)6-3-7-15/h1-2,4-5,8-9,15H,7,13H2/q+1. The number of benzene rings is 1. The van der Waals surface area contributed by atoms with Gasteiger partial charge in [0.05, 0.1) is 0 Å². The largest absolute Gasteiger partial charge is 0.384 e. The smallest absolute Gasteiger partial charge is 0.286 e. The molecule has 0 amide bonds. The van der Waals surface area contributed by atoms with Crippen LogP contribution < -0.4 is 10.5 Å². The summed E-state index contributed by atoms with van der Waals surface area (Å²) >= 11 is 0. The molecule has 74 valence electrons. The quantitative estimate of drug-likeness (QED) is 0.361. The molecule has 0 aliphatic rings. The third-order valence-electron chi connectivity index (χ3n) is 2.14. The van der Waals surface area contributed by atoms with Crippen molar-refractivity contribution in [3.63, 3.8) is 0 Å². The second-order valence-corrected chi connectivity index (χ2v) is 3.15. The van der Waals surface area contributed by atoms with Gasteiger partial charge >= 0.3 is 0 Å². The lowest BCUT2D eigenvalue weighted by atomic mass is 10.1. The molecule has 0 atom stereocenters. The number of aliphatic hydroxyl groups excluding tert-OH is 1. The Morgan fingerprint density at radius 1 is 1.27 bits per heavy atom. The van der Waals surface area contributed by atoms with Gasteiger partial charge in [-0.25, -0.2) is 5.84 Å². The molecule has 3 N–H and O–H groups in total. The Labute approximate surface area is 87.7 Å². The van der Waals surface area contributed by atoms with Gasteiger partial charge in [0, 0.05) is 17.4 Å². The number of nitrogens with zero attached hydrogens (tertiary/aromatic N) is 1. The number of aromatic nitrogens is 1. The van der Waals surface area contributed by atoms with Gasteiger partial charge in [0.15, 0.2) is 0 Å². The molecule has 0 saturated carbocycles. The van der Waals surface area contributed by atoms with Crippen molar-refractivity contribution < 1.29 is 9.78 Å². The molecule has 2 aromatic rings. The Morgan fingerprint density at radius 3 is 2.73 bits per heavy atom. The molecular formula is C12H11N2O+. The van der Waals surface area contributed by atoms with Crippen molar-refractivity contribution in [3.8, 4) is 11.8 Å². The van der Waals surface area contributed by atoms with E-state index < -0.39 is 0 Å². The SMILES string of the molecule is N[n+]1cc2ccccc2cc1C#CCO. The van der Waals surface area contributed by atoms with Gasteiger partial charge in [0.1, 0.15) is 6.61 Å². The summed E-state index contributed by atoms with van der Waals surface area (Å²) in [5.74, 6) is 11.1. The molecule has 2 rings (SSSR count). The lowest BCUT2D eigenvalue weighted by molar-refractivity contribution is -0.640. The number of fused-ring (bicyclic) bond motifs is 1. The number of pyridine rings is 1. The molecule has 0 saturated heterocycles. The molecule has 1 aromatic carbocycles. The summed E-state index contributed by atoms with van der Waals surface area (Å²) < 4.78 is 1.46. The number of aliphatic hydroxyl groups is 1. The maximum Gasteiger partial charge on any atom is 0.286 e. The van der Waals surface area contributed by atoms with Crippen LogP contribution >= 0.6 is 0 Å².